The molecule has 194 valence electrons. The van der Waals surface area contributed by atoms with E-state index in [1.807, 2.05) is 38.1 Å². The van der Waals surface area contributed by atoms with Crippen molar-refractivity contribution in [3.05, 3.63) is 93.3 Å². The molecule has 7 nitrogen and oxygen atoms in total. The van der Waals surface area contributed by atoms with E-state index >= 15 is 0 Å². The van der Waals surface area contributed by atoms with Crippen LogP contribution >= 0.6 is 11.6 Å². The van der Waals surface area contributed by atoms with Crippen LogP contribution in [0.3, 0.4) is 0 Å². The molecule has 3 aromatic rings. The Labute approximate surface area is 226 Å². The quantitative estimate of drug-likeness (QED) is 0.322. The van der Waals surface area contributed by atoms with Crippen molar-refractivity contribution >= 4 is 35.0 Å². The average Bonchev–Trinajstić information content (AvgIpc) is 3.71. The Morgan fingerprint density at radius 2 is 2.03 bits per heavy atom. The molecule has 8 heteroatoms. The maximum absolute atomic E-state index is 11.5. The minimum atomic E-state index is -1.01. The normalized spacial score (nSPS) is 16.8. The number of aromatic nitrogens is 1. The molecular formula is C30H28ClN3O4. The number of aryl methyl sites for hydroxylation is 1. The zero-order chi connectivity index (χ0) is 26.8. The molecule has 0 spiro atoms. The third kappa shape index (κ3) is 5.58. The Morgan fingerprint density at radius 1 is 1.21 bits per heavy atom. The van der Waals surface area contributed by atoms with Crippen molar-refractivity contribution in [1.29, 1.82) is 0 Å². The van der Waals surface area contributed by atoms with Crippen LogP contribution in [-0.4, -0.2) is 28.4 Å². The number of ether oxygens (including phenoxy) is 2. The van der Waals surface area contributed by atoms with Crippen molar-refractivity contribution in [2.75, 3.05) is 6.61 Å². The standard InChI is InChI=1S/C30H28ClN3O4/c1-17-12-20-8-9-21(30(35)36)14-27(20)38-26-10-11-28(33-24(26)13-17)37-16-25(22(15-32)19-6-7-19)34-29-18(2)4-3-5-23(29)31/h3-5,8-12,14-15,19H,6-7,13,16,32H2,1-2H3,(H,35,36)/b17-12-,22-15?,34-25?. The monoisotopic (exact) mass is 529 g/mol. The molecule has 2 heterocycles. The van der Waals surface area contributed by atoms with Gasteiger partial charge in [-0.3, -0.25) is 0 Å². The molecule has 2 aromatic carbocycles. The molecule has 1 aromatic heterocycles. The predicted octanol–water partition coefficient (Wildman–Crippen LogP) is 6.90. The number of halogens is 1. The second-order valence-corrected chi connectivity index (χ2v) is 9.98. The minimum Gasteiger partial charge on any atom is -0.478 e. The third-order valence-electron chi connectivity index (χ3n) is 6.56. The molecule has 1 aliphatic heterocycles. The van der Waals surface area contributed by atoms with E-state index in [4.69, 9.17) is 36.8 Å². The van der Waals surface area contributed by atoms with Crippen molar-refractivity contribution in [2.24, 2.45) is 16.6 Å². The number of nitrogens with zero attached hydrogens (tertiary/aromatic N) is 2. The number of aromatic carboxylic acids is 1. The minimum absolute atomic E-state index is 0.157. The van der Waals surface area contributed by atoms with Gasteiger partial charge in [0.15, 0.2) is 0 Å². The molecule has 0 atom stereocenters. The molecule has 0 radical (unpaired) electrons. The number of hydrogen-bond donors (Lipinski definition) is 2. The number of carboxylic acid groups (broad SMARTS) is 1. The molecule has 38 heavy (non-hydrogen) atoms. The molecule has 0 amide bonds. The first-order valence-electron chi connectivity index (χ1n) is 12.4. The lowest BCUT2D eigenvalue weighted by Gasteiger charge is -2.18. The molecule has 0 saturated heterocycles. The van der Waals surface area contributed by atoms with Crippen LogP contribution in [0.1, 0.15) is 46.9 Å². The highest BCUT2D eigenvalue weighted by Crippen LogP contribution is 2.39. The van der Waals surface area contributed by atoms with Gasteiger partial charge in [0.25, 0.3) is 0 Å². The Hall–Kier alpha value is -4.10. The number of carboxylic acids is 1. The third-order valence-corrected chi connectivity index (χ3v) is 6.86. The summed E-state index contributed by atoms with van der Waals surface area (Å²) in [5, 5.41) is 9.96. The maximum atomic E-state index is 11.5. The van der Waals surface area contributed by atoms with E-state index in [2.05, 4.69) is 0 Å². The number of fused-ring (bicyclic) bond motifs is 2. The largest absolute Gasteiger partial charge is 0.478 e. The molecule has 5 rings (SSSR count). The highest BCUT2D eigenvalue weighted by atomic mass is 35.5. The van der Waals surface area contributed by atoms with Gasteiger partial charge in [0.2, 0.25) is 5.88 Å². The highest BCUT2D eigenvalue weighted by Gasteiger charge is 2.29. The summed E-state index contributed by atoms with van der Waals surface area (Å²) < 4.78 is 12.3. The fourth-order valence-electron chi connectivity index (χ4n) is 4.43. The summed E-state index contributed by atoms with van der Waals surface area (Å²) in [7, 11) is 0. The smallest absolute Gasteiger partial charge is 0.335 e. The van der Waals surface area contributed by atoms with E-state index < -0.39 is 5.97 Å². The number of hydrogen-bond acceptors (Lipinski definition) is 6. The van der Waals surface area contributed by atoms with Crippen molar-refractivity contribution in [3.8, 4) is 17.4 Å². The van der Waals surface area contributed by atoms with Crippen LogP contribution in [0.25, 0.3) is 6.08 Å². The molecule has 2 aliphatic rings. The molecule has 0 unspecified atom stereocenters. The lowest BCUT2D eigenvalue weighted by atomic mass is 10.0. The van der Waals surface area contributed by atoms with Crippen LogP contribution in [0.4, 0.5) is 5.69 Å². The van der Waals surface area contributed by atoms with Gasteiger partial charge < -0.3 is 20.3 Å². The van der Waals surface area contributed by atoms with Crippen LogP contribution in [0.5, 0.6) is 17.4 Å². The predicted molar refractivity (Wildman–Crippen MR) is 149 cm³/mol. The lowest BCUT2D eigenvalue weighted by Crippen LogP contribution is -2.17. The van der Waals surface area contributed by atoms with Gasteiger partial charge in [-0.2, -0.15) is 0 Å². The van der Waals surface area contributed by atoms with Crippen LogP contribution in [-0.2, 0) is 6.42 Å². The Kier molecular flexibility index (Phi) is 7.20. The van der Waals surface area contributed by atoms with Gasteiger partial charge in [-0.1, -0.05) is 41.4 Å². The molecule has 1 fully saturated rings. The van der Waals surface area contributed by atoms with Crippen molar-refractivity contribution in [1.82, 2.24) is 4.98 Å². The van der Waals surface area contributed by atoms with Crippen molar-refractivity contribution in [2.45, 2.75) is 33.1 Å². The van der Waals surface area contributed by atoms with Gasteiger partial charge in [-0.15, -0.1) is 0 Å². The number of allylic oxidation sites excluding steroid dienone is 1. The number of rotatable bonds is 7. The van der Waals surface area contributed by atoms with E-state index in [0.717, 1.165) is 40.8 Å². The van der Waals surface area contributed by atoms with E-state index in [9.17, 15) is 9.90 Å². The van der Waals surface area contributed by atoms with E-state index in [1.54, 1.807) is 30.5 Å². The molecule has 1 saturated carbocycles. The van der Waals surface area contributed by atoms with Crippen LogP contribution < -0.4 is 15.2 Å². The Balaban J connectivity index is 1.43. The number of carbonyl (C=O) groups is 1. The van der Waals surface area contributed by atoms with Crippen LogP contribution in [0, 0.1) is 12.8 Å². The second kappa shape index (κ2) is 10.7. The first-order chi connectivity index (χ1) is 18.3. The van der Waals surface area contributed by atoms with E-state index in [0.29, 0.717) is 46.1 Å². The van der Waals surface area contributed by atoms with Crippen LogP contribution in [0.2, 0.25) is 5.02 Å². The van der Waals surface area contributed by atoms with Gasteiger partial charge in [-0.05, 0) is 74.2 Å². The van der Waals surface area contributed by atoms with E-state index in [-0.39, 0.29) is 12.2 Å². The van der Waals surface area contributed by atoms with Crippen LogP contribution in [0.15, 0.2) is 70.9 Å². The lowest BCUT2D eigenvalue weighted by molar-refractivity contribution is 0.0696. The highest BCUT2D eigenvalue weighted by molar-refractivity contribution is 6.33. The fourth-order valence-corrected chi connectivity index (χ4v) is 4.69. The average molecular weight is 530 g/mol. The fraction of sp³-hybridized carbons (Fsp3) is 0.233. The van der Waals surface area contributed by atoms with Crippen molar-refractivity contribution in [3.63, 3.8) is 0 Å². The van der Waals surface area contributed by atoms with Gasteiger partial charge in [0.05, 0.1) is 27.7 Å². The summed E-state index contributed by atoms with van der Waals surface area (Å²) in [6.07, 6.45) is 6.28. The summed E-state index contributed by atoms with van der Waals surface area (Å²) >= 11 is 6.46. The second-order valence-electron chi connectivity index (χ2n) is 9.57. The maximum Gasteiger partial charge on any atom is 0.335 e. The van der Waals surface area contributed by atoms with Gasteiger partial charge in [0, 0.05) is 18.1 Å². The molecular weight excluding hydrogens is 502 g/mol. The number of para-hydroxylation sites is 1. The zero-order valence-electron chi connectivity index (χ0n) is 21.2. The van der Waals surface area contributed by atoms with E-state index in [1.165, 1.54) is 6.07 Å². The Bertz CT molecular complexity index is 1490. The van der Waals surface area contributed by atoms with Gasteiger partial charge in [-0.25, -0.2) is 14.8 Å². The number of pyridine rings is 1. The summed E-state index contributed by atoms with van der Waals surface area (Å²) in [4.78, 5) is 21.1. The summed E-state index contributed by atoms with van der Waals surface area (Å²) in [6.45, 7) is 4.15. The molecule has 1 aliphatic carbocycles. The number of benzene rings is 2. The Morgan fingerprint density at radius 3 is 2.74 bits per heavy atom. The SMILES string of the molecule is C/C1=C/c2ccc(C(=O)O)cc2Oc2ccc(OCC(=Nc3c(C)cccc3Cl)C(=CN)C3CC3)nc2C1. The number of nitrogens with two attached hydrogens (primary N) is 1. The summed E-state index contributed by atoms with van der Waals surface area (Å²) in [5.74, 6) is 0.798. The summed E-state index contributed by atoms with van der Waals surface area (Å²) in [5.41, 5.74) is 12.1. The summed E-state index contributed by atoms with van der Waals surface area (Å²) in [6, 6.07) is 14.1. The number of aliphatic imine (C=N–C) groups is 1. The molecule has 0 bridgehead atoms. The zero-order valence-corrected chi connectivity index (χ0v) is 22.0. The van der Waals surface area contributed by atoms with Gasteiger partial charge >= 0.3 is 5.97 Å². The van der Waals surface area contributed by atoms with Crippen molar-refractivity contribution < 1.29 is 19.4 Å². The topological polar surface area (TPSA) is 107 Å². The van der Waals surface area contributed by atoms with Gasteiger partial charge in [0.1, 0.15) is 18.1 Å². The molecule has 3 N–H and O–H groups in total. The first kappa shape index (κ1) is 25.5. The first-order valence-corrected chi connectivity index (χ1v) is 12.8.